The Bertz CT molecular complexity index is 831. The van der Waals surface area contributed by atoms with Crippen molar-refractivity contribution in [3.63, 3.8) is 0 Å². The van der Waals surface area contributed by atoms with Crippen molar-refractivity contribution in [2.24, 2.45) is 5.92 Å². The van der Waals surface area contributed by atoms with Crippen molar-refractivity contribution in [3.8, 4) is 0 Å². The number of furan rings is 1. The van der Waals surface area contributed by atoms with Crippen LogP contribution >= 0.6 is 0 Å². The quantitative estimate of drug-likeness (QED) is 0.519. The Morgan fingerprint density at radius 1 is 1.00 bits per heavy atom. The number of hydrogen-bond donors (Lipinski definition) is 0. The minimum absolute atomic E-state index is 0.537. The van der Waals surface area contributed by atoms with Crippen LogP contribution in [-0.2, 0) is 0 Å². The predicted molar refractivity (Wildman–Crippen MR) is 91.3 cm³/mol. The van der Waals surface area contributed by atoms with Gasteiger partial charge in [0.15, 0.2) is 0 Å². The zero-order valence-corrected chi connectivity index (χ0v) is 12.8. The van der Waals surface area contributed by atoms with Crippen molar-refractivity contribution >= 4 is 27.5 Å². The molecule has 0 fully saturated rings. The van der Waals surface area contributed by atoms with Crippen molar-refractivity contribution in [3.05, 3.63) is 66.3 Å². The molecule has 0 saturated carbocycles. The number of fused-ring (bicyclic) bond motifs is 3. The molecule has 0 atom stereocenters. The van der Waals surface area contributed by atoms with Gasteiger partial charge in [0.1, 0.15) is 11.2 Å². The molecule has 3 rings (SSSR count). The van der Waals surface area contributed by atoms with Gasteiger partial charge in [0.2, 0.25) is 0 Å². The second-order valence-electron chi connectivity index (χ2n) is 5.63. The van der Waals surface area contributed by atoms with Gasteiger partial charge in [-0.2, -0.15) is 0 Å². The first-order chi connectivity index (χ1) is 10.2. The molecule has 0 N–H and O–H groups in total. The normalized spacial score (nSPS) is 13.0. The molecule has 1 heteroatoms. The maximum atomic E-state index is 6.10. The molecule has 0 aliphatic rings. The van der Waals surface area contributed by atoms with Crippen LogP contribution in [-0.4, -0.2) is 0 Å². The minimum atomic E-state index is 0.537. The van der Waals surface area contributed by atoms with Crippen molar-refractivity contribution in [2.75, 3.05) is 0 Å². The van der Waals surface area contributed by atoms with Crippen molar-refractivity contribution in [2.45, 2.75) is 20.8 Å². The summed E-state index contributed by atoms with van der Waals surface area (Å²) in [5, 5.41) is 2.36. The molecule has 0 bridgehead atoms. The Hall–Kier alpha value is -2.28. The largest absolute Gasteiger partial charge is 0.455 e. The van der Waals surface area contributed by atoms with Crippen LogP contribution in [0.25, 0.3) is 27.5 Å². The highest BCUT2D eigenvalue weighted by atomic mass is 16.3. The molecule has 1 nitrogen and oxygen atoms in total. The third kappa shape index (κ3) is 2.52. The molecule has 0 spiro atoms. The molecular formula is C20H20O. The van der Waals surface area contributed by atoms with E-state index in [1.54, 1.807) is 0 Å². The molecule has 3 aromatic rings. The molecule has 0 amide bonds. The van der Waals surface area contributed by atoms with Crippen LogP contribution in [0.1, 0.15) is 26.3 Å². The van der Waals surface area contributed by atoms with Gasteiger partial charge in [-0.1, -0.05) is 68.5 Å². The third-order valence-corrected chi connectivity index (χ3v) is 3.69. The molecule has 0 aliphatic heterocycles. The maximum absolute atomic E-state index is 6.10. The highest BCUT2D eigenvalue weighted by Crippen LogP contribution is 2.34. The smallest absolute Gasteiger partial charge is 0.143 e. The summed E-state index contributed by atoms with van der Waals surface area (Å²) in [4.78, 5) is 0. The average Bonchev–Trinajstić information content (AvgIpc) is 2.87. The van der Waals surface area contributed by atoms with E-state index in [1.807, 2.05) is 12.1 Å². The topological polar surface area (TPSA) is 13.1 Å². The Labute approximate surface area is 125 Å². The summed E-state index contributed by atoms with van der Waals surface area (Å²) >= 11 is 0. The molecule has 0 saturated heterocycles. The van der Waals surface area contributed by atoms with Crippen LogP contribution in [0.5, 0.6) is 0 Å². The second kappa shape index (κ2) is 5.61. The van der Waals surface area contributed by atoms with Gasteiger partial charge in [-0.15, -0.1) is 0 Å². The van der Waals surface area contributed by atoms with Gasteiger partial charge < -0.3 is 4.42 Å². The highest BCUT2D eigenvalue weighted by molar-refractivity contribution is 6.08. The lowest BCUT2D eigenvalue weighted by Crippen LogP contribution is -1.84. The van der Waals surface area contributed by atoms with Crippen LogP contribution < -0.4 is 0 Å². The fourth-order valence-corrected chi connectivity index (χ4v) is 2.61. The third-order valence-electron chi connectivity index (χ3n) is 3.69. The van der Waals surface area contributed by atoms with Crippen molar-refractivity contribution in [1.82, 2.24) is 0 Å². The van der Waals surface area contributed by atoms with Crippen molar-refractivity contribution < 1.29 is 4.42 Å². The first kappa shape index (κ1) is 13.7. The van der Waals surface area contributed by atoms with Gasteiger partial charge in [-0.05, 0) is 24.5 Å². The van der Waals surface area contributed by atoms with Gasteiger partial charge in [0.05, 0.1) is 0 Å². The zero-order valence-electron chi connectivity index (χ0n) is 12.8. The molecule has 0 aliphatic carbocycles. The van der Waals surface area contributed by atoms with E-state index in [0.717, 1.165) is 16.7 Å². The van der Waals surface area contributed by atoms with E-state index in [9.17, 15) is 0 Å². The van der Waals surface area contributed by atoms with Gasteiger partial charge >= 0.3 is 0 Å². The van der Waals surface area contributed by atoms with Crippen LogP contribution in [0.4, 0.5) is 0 Å². The summed E-state index contributed by atoms with van der Waals surface area (Å²) in [7, 11) is 0. The fourth-order valence-electron chi connectivity index (χ4n) is 2.61. The fraction of sp³-hybridized carbons (Fsp3) is 0.200. The molecule has 21 heavy (non-hydrogen) atoms. The molecule has 0 radical (unpaired) electrons. The Kier molecular flexibility index (Phi) is 3.66. The standard InChI is InChI=1S/C20H20O/c1-4-15(13-12-14(2)3)16-9-7-10-18-17-8-5-6-11-19(17)21-20(16)18/h4-14H,1-3H3/b13-12-,15-4+. The summed E-state index contributed by atoms with van der Waals surface area (Å²) in [6, 6.07) is 14.6. The number of allylic oxidation sites excluding steroid dienone is 4. The van der Waals surface area contributed by atoms with E-state index in [4.69, 9.17) is 4.42 Å². The Balaban J connectivity index is 2.23. The molecule has 1 heterocycles. The number of rotatable bonds is 3. The van der Waals surface area contributed by atoms with Gasteiger partial charge in [0, 0.05) is 16.3 Å². The lowest BCUT2D eigenvalue weighted by Gasteiger charge is -2.04. The number of benzene rings is 2. The van der Waals surface area contributed by atoms with E-state index < -0.39 is 0 Å². The lowest BCUT2D eigenvalue weighted by molar-refractivity contribution is 0.668. The highest BCUT2D eigenvalue weighted by Gasteiger charge is 2.11. The maximum Gasteiger partial charge on any atom is 0.143 e. The molecule has 1 aromatic heterocycles. The summed E-state index contributed by atoms with van der Waals surface area (Å²) in [6.07, 6.45) is 6.55. The molecule has 2 aromatic carbocycles. The van der Waals surface area contributed by atoms with Crippen LogP contribution in [0.3, 0.4) is 0 Å². The molecule has 106 valence electrons. The van der Waals surface area contributed by atoms with Crippen molar-refractivity contribution in [1.29, 1.82) is 0 Å². The first-order valence-electron chi connectivity index (χ1n) is 7.46. The van der Waals surface area contributed by atoms with E-state index >= 15 is 0 Å². The molecule has 0 unspecified atom stereocenters. The van der Waals surface area contributed by atoms with Gasteiger partial charge in [-0.25, -0.2) is 0 Å². The summed E-state index contributed by atoms with van der Waals surface area (Å²) in [5.74, 6) is 0.537. The summed E-state index contributed by atoms with van der Waals surface area (Å²) < 4.78 is 6.10. The lowest BCUT2D eigenvalue weighted by atomic mass is 10.0. The zero-order chi connectivity index (χ0) is 14.8. The number of hydrogen-bond acceptors (Lipinski definition) is 1. The Morgan fingerprint density at radius 2 is 1.76 bits per heavy atom. The van der Waals surface area contributed by atoms with E-state index in [1.165, 1.54) is 16.3 Å². The van der Waals surface area contributed by atoms with E-state index in [2.05, 4.69) is 69.3 Å². The van der Waals surface area contributed by atoms with Gasteiger partial charge in [-0.3, -0.25) is 0 Å². The SMILES string of the molecule is C/C=C(\C=C/C(C)C)c1cccc2c1oc1ccccc12. The van der Waals surface area contributed by atoms with Gasteiger partial charge in [0.25, 0.3) is 0 Å². The summed E-state index contributed by atoms with van der Waals surface area (Å²) in [5.41, 5.74) is 4.28. The summed E-state index contributed by atoms with van der Waals surface area (Å²) in [6.45, 7) is 6.44. The monoisotopic (exact) mass is 276 g/mol. The average molecular weight is 276 g/mol. The minimum Gasteiger partial charge on any atom is -0.455 e. The van der Waals surface area contributed by atoms with E-state index in [0.29, 0.717) is 5.92 Å². The van der Waals surface area contributed by atoms with Crippen LogP contribution in [0.15, 0.2) is 65.1 Å². The van der Waals surface area contributed by atoms with Crippen LogP contribution in [0.2, 0.25) is 0 Å². The first-order valence-corrected chi connectivity index (χ1v) is 7.46. The predicted octanol–water partition coefficient (Wildman–Crippen LogP) is 6.20. The Morgan fingerprint density at radius 3 is 2.52 bits per heavy atom. The second-order valence-corrected chi connectivity index (χ2v) is 5.63. The van der Waals surface area contributed by atoms with Crippen LogP contribution in [0, 0.1) is 5.92 Å². The molecular weight excluding hydrogens is 256 g/mol. The van der Waals surface area contributed by atoms with E-state index in [-0.39, 0.29) is 0 Å². The number of para-hydroxylation sites is 2.